The summed E-state index contributed by atoms with van der Waals surface area (Å²) in [5.74, 6) is 0.492. The van der Waals surface area contributed by atoms with E-state index in [1.807, 2.05) is 53.8 Å². The predicted octanol–water partition coefficient (Wildman–Crippen LogP) is 5.00. The second kappa shape index (κ2) is 9.59. The van der Waals surface area contributed by atoms with Crippen LogP contribution >= 0.6 is 11.3 Å². The van der Waals surface area contributed by atoms with Crippen molar-refractivity contribution >= 4 is 28.1 Å². The van der Waals surface area contributed by atoms with Crippen molar-refractivity contribution in [3.63, 3.8) is 0 Å². The van der Waals surface area contributed by atoms with Gasteiger partial charge in [-0.3, -0.25) is 14.7 Å². The largest absolute Gasteiger partial charge is 0.352 e. The maximum Gasteiger partial charge on any atom is 0.252 e. The van der Waals surface area contributed by atoms with E-state index in [4.69, 9.17) is 4.98 Å². The summed E-state index contributed by atoms with van der Waals surface area (Å²) in [5.41, 5.74) is 3.25. The number of pyridine rings is 2. The van der Waals surface area contributed by atoms with Crippen LogP contribution in [0.3, 0.4) is 0 Å². The zero-order valence-corrected chi connectivity index (χ0v) is 18.7. The van der Waals surface area contributed by atoms with Crippen molar-refractivity contribution in [3.8, 4) is 11.3 Å². The third-order valence-corrected chi connectivity index (χ3v) is 7.02. The fourth-order valence-corrected chi connectivity index (χ4v) is 5.08. The van der Waals surface area contributed by atoms with Crippen LogP contribution in [-0.2, 0) is 6.54 Å². The maximum absolute atomic E-state index is 13.2. The molecular weight excluding hydrogens is 416 g/mol. The van der Waals surface area contributed by atoms with Crippen molar-refractivity contribution in [1.82, 2.24) is 20.2 Å². The van der Waals surface area contributed by atoms with Crippen molar-refractivity contribution in [1.29, 1.82) is 0 Å². The number of amides is 1. The first-order valence-electron chi connectivity index (χ1n) is 11.1. The predicted molar refractivity (Wildman–Crippen MR) is 130 cm³/mol. The first-order chi connectivity index (χ1) is 15.8. The number of hydrogen-bond acceptors (Lipinski definition) is 5. The maximum atomic E-state index is 13.2. The molecular formula is C26H26N4OS. The Labute approximate surface area is 192 Å². The molecule has 4 heterocycles. The molecule has 1 fully saturated rings. The number of hydrogen-bond donors (Lipinski definition) is 1. The van der Waals surface area contributed by atoms with Crippen LogP contribution in [0.2, 0.25) is 0 Å². The van der Waals surface area contributed by atoms with Gasteiger partial charge in [-0.2, -0.15) is 0 Å². The van der Waals surface area contributed by atoms with E-state index < -0.39 is 0 Å². The van der Waals surface area contributed by atoms with E-state index in [9.17, 15) is 4.79 Å². The van der Waals surface area contributed by atoms with Gasteiger partial charge in [-0.25, -0.2) is 4.98 Å². The monoisotopic (exact) mass is 442 g/mol. The number of para-hydroxylation sites is 1. The van der Waals surface area contributed by atoms with Crippen LogP contribution in [-0.4, -0.2) is 40.4 Å². The van der Waals surface area contributed by atoms with Crippen molar-refractivity contribution in [3.05, 3.63) is 82.8 Å². The molecule has 1 saturated heterocycles. The SMILES string of the molecule is O=C(NCC1CCN(Cc2cccs2)CC1)c1cc(-c2ccncc2)nc2ccccc12. The summed E-state index contributed by atoms with van der Waals surface area (Å²) in [5, 5.41) is 6.23. The van der Waals surface area contributed by atoms with E-state index in [1.54, 1.807) is 12.4 Å². The average molecular weight is 443 g/mol. The summed E-state index contributed by atoms with van der Waals surface area (Å²) in [4.78, 5) is 26.0. The second-order valence-corrected chi connectivity index (χ2v) is 9.35. The van der Waals surface area contributed by atoms with Gasteiger partial charge in [0, 0.05) is 41.3 Å². The zero-order valence-electron chi connectivity index (χ0n) is 17.9. The highest BCUT2D eigenvalue weighted by Crippen LogP contribution is 2.25. The Morgan fingerprint density at radius 1 is 1.06 bits per heavy atom. The van der Waals surface area contributed by atoms with Crippen LogP contribution in [0.25, 0.3) is 22.2 Å². The van der Waals surface area contributed by atoms with Gasteiger partial charge in [-0.05, 0) is 67.6 Å². The fraction of sp³-hybridized carbons (Fsp3) is 0.269. The number of nitrogens with zero attached hydrogens (tertiary/aromatic N) is 3. The summed E-state index contributed by atoms with van der Waals surface area (Å²) in [6, 6.07) is 17.9. The lowest BCUT2D eigenvalue weighted by molar-refractivity contribution is 0.0937. The zero-order chi connectivity index (χ0) is 21.8. The van der Waals surface area contributed by atoms with Crippen molar-refractivity contribution in [2.24, 2.45) is 5.92 Å². The molecule has 1 N–H and O–H groups in total. The van der Waals surface area contributed by atoms with Gasteiger partial charge in [0.05, 0.1) is 16.8 Å². The highest BCUT2D eigenvalue weighted by atomic mass is 32.1. The number of nitrogens with one attached hydrogen (secondary N) is 1. The Morgan fingerprint density at radius 3 is 2.66 bits per heavy atom. The lowest BCUT2D eigenvalue weighted by atomic mass is 9.96. The van der Waals surface area contributed by atoms with E-state index in [0.717, 1.165) is 54.6 Å². The van der Waals surface area contributed by atoms with Gasteiger partial charge in [0.1, 0.15) is 0 Å². The molecule has 1 aliphatic rings. The minimum Gasteiger partial charge on any atom is -0.352 e. The number of benzene rings is 1. The second-order valence-electron chi connectivity index (χ2n) is 8.32. The van der Waals surface area contributed by atoms with E-state index >= 15 is 0 Å². The van der Waals surface area contributed by atoms with Crippen LogP contribution < -0.4 is 5.32 Å². The number of fused-ring (bicyclic) bond motifs is 1. The molecule has 1 aromatic carbocycles. The first kappa shape index (κ1) is 20.8. The third kappa shape index (κ3) is 4.71. The van der Waals surface area contributed by atoms with Crippen molar-refractivity contribution in [2.45, 2.75) is 19.4 Å². The Bertz CT molecular complexity index is 1190. The smallest absolute Gasteiger partial charge is 0.252 e. The van der Waals surface area contributed by atoms with Gasteiger partial charge >= 0.3 is 0 Å². The van der Waals surface area contributed by atoms with Crippen LogP contribution in [0, 0.1) is 5.92 Å². The molecule has 0 aliphatic carbocycles. The summed E-state index contributed by atoms with van der Waals surface area (Å²) in [6.07, 6.45) is 5.73. The topological polar surface area (TPSA) is 58.1 Å². The Kier molecular flexibility index (Phi) is 6.23. The highest BCUT2D eigenvalue weighted by molar-refractivity contribution is 7.09. The molecule has 0 radical (unpaired) electrons. The molecule has 0 bridgehead atoms. The molecule has 5 rings (SSSR count). The van der Waals surface area contributed by atoms with Gasteiger partial charge in [-0.1, -0.05) is 24.3 Å². The molecule has 5 nitrogen and oxygen atoms in total. The molecule has 0 spiro atoms. The summed E-state index contributed by atoms with van der Waals surface area (Å²) < 4.78 is 0. The summed E-state index contributed by atoms with van der Waals surface area (Å²) in [6.45, 7) is 3.93. The molecule has 0 saturated carbocycles. The Morgan fingerprint density at radius 2 is 1.88 bits per heavy atom. The van der Waals surface area contributed by atoms with Crippen molar-refractivity contribution < 1.29 is 4.79 Å². The third-order valence-electron chi connectivity index (χ3n) is 6.15. The molecule has 4 aromatic rings. The van der Waals surface area contributed by atoms with Gasteiger partial charge in [0.2, 0.25) is 0 Å². The van der Waals surface area contributed by atoms with Crippen LogP contribution in [0.4, 0.5) is 0 Å². The Hall–Kier alpha value is -3.09. The number of carbonyl (C=O) groups excluding carboxylic acids is 1. The number of rotatable bonds is 6. The highest BCUT2D eigenvalue weighted by Gasteiger charge is 2.21. The van der Waals surface area contributed by atoms with Gasteiger partial charge in [0.25, 0.3) is 5.91 Å². The summed E-state index contributed by atoms with van der Waals surface area (Å²) >= 11 is 1.82. The minimum atomic E-state index is -0.0279. The van der Waals surface area contributed by atoms with Crippen LogP contribution in [0.5, 0.6) is 0 Å². The number of aromatic nitrogens is 2. The lowest BCUT2D eigenvalue weighted by Crippen LogP contribution is -2.38. The summed E-state index contributed by atoms with van der Waals surface area (Å²) in [7, 11) is 0. The molecule has 32 heavy (non-hydrogen) atoms. The minimum absolute atomic E-state index is 0.0279. The number of thiophene rings is 1. The quantitative estimate of drug-likeness (QED) is 0.457. The standard InChI is InChI=1S/C26H26N4OS/c31-26(28-17-19-9-13-30(14-10-19)18-21-4-3-15-32-21)23-16-25(20-7-11-27-12-8-20)29-24-6-2-1-5-22(23)24/h1-8,11-12,15-16,19H,9-10,13-14,17-18H2,(H,28,31). The fourth-order valence-electron chi connectivity index (χ4n) is 4.34. The van der Waals surface area contributed by atoms with Gasteiger partial charge in [-0.15, -0.1) is 11.3 Å². The van der Waals surface area contributed by atoms with Crippen LogP contribution in [0.15, 0.2) is 72.4 Å². The molecule has 162 valence electrons. The number of likely N-dealkylation sites (tertiary alicyclic amines) is 1. The molecule has 6 heteroatoms. The molecule has 1 amide bonds. The van der Waals surface area contributed by atoms with Gasteiger partial charge < -0.3 is 5.32 Å². The van der Waals surface area contributed by atoms with Gasteiger partial charge in [0.15, 0.2) is 0 Å². The molecule has 0 atom stereocenters. The van der Waals surface area contributed by atoms with E-state index in [-0.39, 0.29) is 5.91 Å². The first-order valence-corrected chi connectivity index (χ1v) is 12.0. The average Bonchev–Trinajstić information content (AvgIpc) is 3.36. The van der Waals surface area contributed by atoms with Crippen molar-refractivity contribution in [2.75, 3.05) is 19.6 Å². The lowest BCUT2D eigenvalue weighted by Gasteiger charge is -2.31. The normalized spacial score (nSPS) is 15.1. The van der Waals surface area contributed by atoms with E-state index in [1.165, 1.54) is 4.88 Å². The molecule has 0 unspecified atom stereocenters. The van der Waals surface area contributed by atoms with E-state index in [2.05, 4.69) is 32.7 Å². The number of piperidine rings is 1. The number of carbonyl (C=O) groups is 1. The van der Waals surface area contributed by atoms with Crippen LogP contribution in [0.1, 0.15) is 28.1 Å². The Balaban J connectivity index is 1.26. The molecule has 3 aromatic heterocycles. The van der Waals surface area contributed by atoms with E-state index in [0.29, 0.717) is 18.0 Å². The molecule has 1 aliphatic heterocycles.